The highest BCUT2D eigenvalue weighted by molar-refractivity contribution is 9.10. The largest absolute Gasteiger partial charge is 0.311 e. The molecule has 106 valence electrons. The van der Waals surface area contributed by atoms with E-state index in [1.807, 2.05) is 6.07 Å². The Balaban J connectivity index is 2.19. The lowest BCUT2D eigenvalue weighted by molar-refractivity contribution is -0.385. The van der Waals surface area contributed by atoms with Crippen LogP contribution in [0.4, 0.5) is 5.69 Å². The van der Waals surface area contributed by atoms with Gasteiger partial charge in [-0.1, -0.05) is 6.92 Å². The van der Waals surface area contributed by atoms with E-state index >= 15 is 0 Å². The molecule has 0 aliphatic heterocycles. The topological polar surface area (TPSA) is 73.0 Å². The first-order valence-corrected chi connectivity index (χ1v) is 7.10. The van der Waals surface area contributed by atoms with Gasteiger partial charge in [-0.15, -0.1) is 0 Å². The van der Waals surface area contributed by atoms with E-state index in [9.17, 15) is 10.1 Å². The van der Waals surface area contributed by atoms with Gasteiger partial charge in [0, 0.05) is 18.8 Å². The van der Waals surface area contributed by atoms with Gasteiger partial charge in [-0.2, -0.15) is 5.10 Å². The van der Waals surface area contributed by atoms with Crippen LogP contribution in [0.15, 0.2) is 34.9 Å². The van der Waals surface area contributed by atoms with E-state index in [0.29, 0.717) is 16.7 Å². The maximum Gasteiger partial charge on any atom is 0.285 e. The van der Waals surface area contributed by atoms with Gasteiger partial charge in [-0.3, -0.25) is 10.1 Å². The molecule has 0 saturated carbocycles. The van der Waals surface area contributed by atoms with Crippen molar-refractivity contribution in [2.45, 2.75) is 19.9 Å². The van der Waals surface area contributed by atoms with E-state index in [0.717, 1.165) is 18.7 Å². The van der Waals surface area contributed by atoms with Crippen LogP contribution in [0.3, 0.4) is 0 Å². The SMILES string of the molecule is CCCNCc1ccn(-c2ccc(Br)c([N+](=O)[O-])c2)n1. The van der Waals surface area contributed by atoms with Gasteiger partial charge in [0.15, 0.2) is 0 Å². The molecule has 0 amide bonds. The van der Waals surface area contributed by atoms with Crippen LogP contribution >= 0.6 is 15.9 Å². The van der Waals surface area contributed by atoms with Crippen LogP contribution in [-0.4, -0.2) is 21.2 Å². The number of nitro groups is 1. The number of nitrogens with one attached hydrogen (secondary N) is 1. The third-order valence-corrected chi connectivity index (χ3v) is 3.44. The first-order valence-electron chi connectivity index (χ1n) is 6.31. The molecule has 0 fully saturated rings. The van der Waals surface area contributed by atoms with Crippen molar-refractivity contribution in [1.82, 2.24) is 15.1 Å². The van der Waals surface area contributed by atoms with Crippen LogP contribution in [0.1, 0.15) is 19.0 Å². The van der Waals surface area contributed by atoms with Crippen molar-refractivity contribution in [3.63, 3.8) is 0 Å². The molecule has 1 heterocycles. The van der Waals surface area contributed by atoms with Gasteiger partial charge in [0.05, 0.1) is 20.8 Å². The lowest BCUT2D eigenvalue weighted by Crippen LogP contribution is -2.14. The molecule has 1 N–H and O–H groups in total. The number of halogens is 1. The van der Waals surface area contributed by atoms with Gasteiger partial charge >= 0.3 is 0 Å². The molecule has 2 aromatic rings. The molecule has 0 atom stereocenters. The Morgan fingerprint density at radius 1 is 1.45 bits per heavy atom. The average Bonchev–Trinajstić information content (AvgIpc) is 2.88. The molecule has 0 spiro atoms. The Bertz CT molecular complexity index is 612. The van der Waals surface area contributed by atoms with Crippen molar-refractivity contribution in [2.24, 2.45) is 0 Å². The standard InChI is InChI=1S/C13H15BrN4O2/c1-2-6-15-9-10-5-7-17(16-10)11-3-4-12(14)13(8-11)18(19)20/h3-5,7-8,15H,2,6,9H2,1H3. The summed E-state index contributed by atoms with van der Waals surface area (Å²) in [5.74, 6) is 0. The molecule has 0 aliphatic rings. The molecule has 0 unspecified atom stereocenters. The summed E-state index contributed by atoms with van der Waals surface area (Å²) < 4.78 is 2.10. The van der Waals surface area contributed by atoms with Gasteiger partial charge < -0.3 is 5.32 Å². The summed E-state index contributed by atoms with van der Waals surface area (Å²) in [4.78, 5) is 10.5. The van der Waals surface area contributed by atoms with Crippen molar-refractivity contribution >= 4 is 21.6 Å². The summed E-state index contributed by atoms with van der Waals surface area (Å²) in [6.07, 6.45) is 2.87. The van der Waals surface area contributed by atoms with Crippen molar-refractivity contribution in [2.75, 3.05) is 6.54 Å². The Labute approximate surface area is 125 Å². The summed E-state index contributed by atoms with van der Waals surface area (Å²) in [6, 6.07) is 6.84. The van der Waals surface area contributed by atoms with E-state index in [4.69, 9.17) is 0 Å². The zero-order chi connectivity index (χ0) is 14.5. The van der Waals surface area contributed by atoms with E-state index in [-0.39, 0.29) is 5.69 Å². The Hall–Kier alpha value is -1.73. The molecule has 0 radical (unpaired) electrons. The van der Waals surface area contributed by atoms with E-state index in [1.54, 1.807) is 23.0 Å². The van der Waals surface area contributed by atoms with Crippen molar-refractivity contribution < 1.29 is 4.92 Å². The second kappa shape index (κ2) is 6.62. The number of nitrogens with zero attached hydrogens (tertiary/aromatic N) is 3. The number of rotatable bonds is 6. The van der Waals surface area contributed by atoms with E-state index in [1.165, 1.54) is 6.07 Å². The van der Waals surface area contributed by atoms with Crippen LogP contribution in [0, 0.1) is 10.1 Å². The Morgan fingerprint density at radius 2 is 2.25 bits per heavy atom. The van der Waals surface area contributed by atoms with E-state index < -0.39 is 4.92 Å². The fourth-order valence-electron chi connectivity index (χ4n) is 1.78. The third-order valence-electron chi connectivity index (χ3n) is 2.77. The second-order valence-electron chi connectivity index (χ2n) is 4.32. The zero-order valence-electron chi connectivity index (χ0n) is 11.0. The van der Waals surface area contributed by atoms with Crippen LogP contribution in [-0.2, 0) is 6.54 Å². The van der Waals surface area contributed by atoms with Crippen molar-refractivity contribution in [1.29, 1.82) is 0 Å². The van der Waals surface area contributed by atoms with Gasteiger partial charge in [-0.05, 0) is 47.1 Å². The maximum absolute atomic E-state index is 10.9. The van der Waals surface area contributed by atoms with E-state index in [2.05, 4.69) is 33.3 Å². The predicted molar refractivity (Wildman–Crippen MR) is 79.9 cm³/mol. The first kappa shape index (κ1) is 14.7. The number of nitro benzene ring substituents is 1. The molecule has 0 aliphatic carbocycles. The smallest absolute Gasteiger partial charge is 0.285 e. The summed E-state index contributed by atoms with van der Waals surface area (Å²) >= 11 is 3.17. The van der Waals surface area contributed by atoms with Crippen LogP contribution < -0.4 is 5.32 Å². The van der Waals surface area contributed by atoms with Gasteiger partial charge in [0.2, 0.25) is 0 Å². The molecular formula is C13H15BrN4O2. The molecular weight excluding hydrogens is 324 g/mol. The summed E-state index contributed by atoms with van der Waals surface area (Å²) in [5, 5.41) is 18.6. The number of hydrogen-bond donors (Lipinski definition) is 1. The lowest BCUT2D eigenvalue weighted by Gasteiger charge is -2.03. The van der Waals surface area contributed by atoms with Crippen molar-refractivity contribution in [3.8, 4) is 5.69 Å². The summed E-state index contributed by atoms with van der Waals surface area (Å²) in [6.45, 7) is 3.74. The minimum absolute atomic E-state index is 0.0312. The molecule has 0 saturated heterocycles. The van der Waals surface area contributed by atoms with Crippen LogP contribution in [0.25, 0.3) is 5.69 Å². The molecule has 0 bridgehead atoms. The lowest BCUT2D eigenvalue weighted by atomic mass is 10.3. The highest BCUT2D eigenvalue weighted by Crippen LogP contribution is 2.26. The number of hydrogen-bond acceptors (Lipinski definition) is 4. The number of aromatic nitrogens is 2. The highest BCUT2D eigenvalue weighted by atomic mass is 79.9. The second-order valence-corrected chi connectivity index (χ2v) is 5.18. The fraction of sp³-hybridized carbons (Fsp3) is 0.308. The summed E-state index contributed by atoms with van der Waals surface area (Å²) in [7, 11) is 0. The minimum Gasteiger partial charge on any atom is -0.311 e. The quantitative estimate of drug-likeness (QED) is 0.499. The zero-order valence-corrected chi connectivity index (χ0v) is 12.6. The molecule has 1 aromatic heterocycles. The average molecular weight is 339 g/mol. The van der Waals surface area contributed by atoms with Crippen LogP contribution in [0.5, 0.6) is 0 Å². The summed E-state index contributed by atoms with van der Waals surface area (Å²) in [5.41, 5.74) is 1.61. The monoisotopic (exact) mass is 338 g/mol. The fourth-order valence-corrected chi connectivity index (χ4v) is 2.17. The Morgan fingerprint density at radius 3 is 2.95 bits per heavy atom. The molecule has 1 aromatic carbocycles. The maximum atomic E-state index is 10.9. The van der Waals surface area contributed by atoms with Crippen molar-refractivity contribution in [3.05, 3.63) is 50.7 Å². The highest BCUT2D eigenvalue weighted by Gasteiger charge is 2.13. The predicted octanol–water partition coefficient (Wildman–Crippen LogP) is 3.04. The molecule has 20 heavy (non-hydrogen) atoms. The Kier molecular flexibility index (Phi) is 4.86. The number of benzene rings is 1. The molecule has 7 heteroatoms. The minimum atomic E-state index is -0.416. The third kappa shape index (κ3) is 3.43. The molecule has 6 nitrogen and oxygen atoms in total. The van der Waals surface area contributed by atoms with Gasteiger partial charge in [-0.25, -0.2) is 4.68 Å². The van der Waals surface area contributed by atoms with Gasteiger partial charge in [0.1, 0.15) is 0 Å². The normalized spacial score (nSPS) is 10.7. The van der Waals surface area contributed by atoms with Gasteiger partial charge in [0.25, 0.3) is 5.69 Å². The molecule has 2 rings (SSSR count). The van der Waals surface area contributed by atoms with Crippen LogP contribution in [0.2, 0.25) is 0 Å². The first-order chi connectivity index (χ1) is 9.61.